The molecule has 0 saturated heterocycles. The van der Waals surface area contributed by atoms with Crippen molar-refractivity contribution < 1.29 is 8.42 Å². The van der Waals surface area contributed by atoms with E-state index in [9.17, 15) is 8.42 Å². The fraction of sp³-hybridized carbons (Fsp3) is 1.00. The maximum Gasteiger partial charge on any atom is 0.212 e. The Bertz CT molecular complexity index is 264. The summed E-state index contributed by atoms with van der Waals surface area (Å²) in [5.41, 5.74) is 0. The first-order chi connectivity index (χ1) is 7.98. The van der Waals surface area contributed by atoms with Gasteiger partial charge in [0.05, 0.1) is 5.75 Å². The predicted octanol–water partition coefficient (Wildman–Crippen LogP) is 1.73. The first kappa shape index (κ1) is 16.9. The van der Waals surface area contributed by atoms with Gasteiger partial charge >= 0.3 is 0 Å². The summed E-state index contributed by atoms with van der Waals surface area (Å²) < 4.78 is 25.5. The molecule has 0 unspecified atom stereocenters. The smallest absolute Gasteiger partial charge is 0.212 e. The Labute approximate surface area is 107 Å². The molecular formula is C12H28N2O2S. The highest BCUT2D eigenvalue weighted by atomic mass is 32.2. The van der Waals surface area contributed by atoms with Crippen molar-refractivity contribution in [3.63, 3.8) is 0 Å². The minimum atomic E-state index is -3.06. The maximum absolute atomic E-state index is 11.4. The SMILES string of the molecule is CNCCS(=O)(=O)NCCCCCCC(C)C. The molecule has 0 aromatic rings. The lowest BCUT2D eigenvalue weighted by Gasteiger charge is -2.07. The summed E-state index contributed by atoms with van der Waals surface area (Å²) in [6.07, 6.45) is 5.78. The lowest BCUT2D eigenvalue weighted by molar-refractivity contribution is 0.517. The maximum atomic E-state index is 11.4. The largest absolute Gasteiger partial charge is 0.319 e. The van der Waals surface area contributed by atoms with Gasteiger partial charge in [0.25, 0.3) is 0 Å². The third kappa shape index (κ3) is 12.1. The summed E-state index contributed by atoms with van der Waals surface area (Å²) in [5, 5.41) is 2.83. The molecule has 2 N–H and O–H groups in total. The van der Waals surface area contributed by atoms with Crippen molar-refractivity contribution >= 4 is 10.0 Å². The highest BCUT2D eigenvalue weighted by Gasteiger charge is 2.07. The fourth-order valence-corrected chi connectivity index (χ4v) is 2.64. The van der Waals surface area contributed by atoms with Crippen LogP contribution in [-0.4, -0.2) is 34.3 Å². The van der Waals surface area contributed by atoms with Crippen LogP contribution in [-0.2, 0) is 10.0 Å². The monoisotopic (exact) mass is 264 g/mol. The van der Waals surface area contributed by atoms with Gasteiger partial charge in [-0.1, -0.05) is 39.5 Å². The van der Waals surface area contributed by atoms with Crippen LogP contribution in [0.1, 0.15) is 46.0 Å². The van der Waals surface area contributed by atoms with Gasteiger partial charge in [0, 0.05) is 13.1 Å². The summed E-state index contributed by atoms with van der Waals surface area (Å²) in [5.74, 6) is 0.937. The second-order valence-electron chi connectivity index (χ2n) is 4.91. The van der Waals surface area contributed by atoms with Gasteiger partial charge in [-0.15, -0.1) is 0 Å². The van der Waals surface area contributed by atoms with Gasteiger partial charge in [0.15, 0.2) is 0 Å². The van der Waals surface area contributed by atoms with Gasteiger partial charge in [-0.2, -0.15) is 0 Å². The fourth-order valence-electron chi connectivity index (χ4n) is 1.57. The molecule has 0 rings (SSSR count). The molecular weight excluding hydrogens is 236 g/mol. The van der Waals surface area contributed by atoms with Crippen molar-refractivity contribution in [1.82, 2.24) is 10.0 Å². The summed E-state index contributed by atoms with van der Waals surface area (Å²) in [7, 11) is -1.31. The van der Waals surface area contributed by atoms with Gasteiger partial charge in [-0.3, -0.25) is 0 Å². The zero-order valence-corrected chi connectivity index (χ0v) is 12.3. The molecule has 0 aromatic heterocycles. The summed E-state index contributed by atoms with van der Waals surface area (Å²) >= 11 is 0. The van der Waals surface area contributed by atoms with E-state index in [1.807, 2.05) is 0 Å². The van der Waals surface area contributed by atoms with Crippen molar-refractivity contribution in [1.29, 1.82) is 0 Å². The second-order valence-corrected chi connectivity index (χ2v) is 6.84. The van der Waals surface area contributed by atoms with Crippen LogP contribution in [0.4, 0.5) is 0 Å². The Hall–Kier alpha value is -0.130. The van der Waals surface area contributed by atoms with Crippen LogP contribution in [0.15, 0.2) is 0 Å². The molecule has 17 heavy (non-hydrogen) atoms. The Kier molecular flexibility index (Phi) is 9.78. The second kappa shape index (κ2) is 9.85. The van der Waals surface area contributed by atoms with Crippen LogP contribution in [0.3, 0.4) is 0 Å². The van der Waals surface area contributed by atoms with E-state index in [1.165, 1.54) is 19.3 Å². The summed E-state index contributed by atoms with van der Waals surface area (Å²) in [4.78, 5) is 0. The van der Waals surface area contributed by atoms with Crippen molar-refractivity contribution in [2.45, 2.75) is 46.0 Å². The van der Waals surface area contributed by atoms with Gasteiger partial charge in [0.2, 0.25) is 10.0 Å². The summed E-state index contributed by atoms with van der Waals surface area (Å²) in [6, 6.07) is 0. The third-order valence-electron chi connectivity index (χ3n) is 2.65. The molecule has 0 aromatic carbocycles. The molecule has 0 radical (unpaired) electrons. The quantitative estimate of drug-likeness (QED) is 0.559. The molecule has 0 saturated carbocycles. The van der Waals surface area contributed by atoms with Crippen LogP contribution in [0.2, 0.25) is 0 Å². The van der Waals surface area contributed by atoms with E-state index in [0.29, 0.717) is 13.1 Å². The minimum absolute atomic E-state index is 0.164. The van der Waals surface area contributed by atoms with Crippen molar-refractivity contribution in [3.8, 4) is 0 Å². The molecule has 0 heterocycles. The highest BCUT2D eigenvalue weighted by molar-refractivity contribution is 7.89. The molecule has 4 nitrogen and oxygen atoms in total. The lowest BCUT2D eigenvalue weighted by atomic mass is 10.0. The zero-order valence-electron chi connectivity index (χ0n) is 11.5. The first-order valence-electron chi connectivity index (χ1n) is 6.60. The van der Waals surface area contributed by atoms with E-state index in [0.717, 1.165) is 18.8 Å². The van der Waals surface area contributed by atoms with E-state index in [2.05, 4.69) is 23.9 Å². The Morgan fingerprint density at radius 3 is 2.24 bits per heavy atom. The van der Waals surface area contributed by atoms with Gasteiger partial charge in [-0.05, 0) is 19.4 Å². The minimum Gasteiger partial charge on any atom is -0.319 e. The topological polar surface area (TPSA) is 58.2 Å². The molecule has 0 spiro atoms. The molecule has 0 fully saturated rings. The molecule has 0 bridgehead atoms. The Morgan fingerprint density at radius 1 is 1.00 bits per heavy atom. The van der Waals surface area contributed by atoms with Crippen LogP contribution < -0.4 is 10.0 Å². The number of hydrogen-bond acceptors (Lipinski definition) is 3. The predicted molar refractivity (Wildman–Crippen MR) is 73.6 cm³/mol. The van der Waals surface area contributed by atoms with Crippen molar-refractivity contribution in [2.75, 3.05) is 25.9 Å². The van der Waals surface area contributed by atoms with Crippen molar-refractivity contribution in [3.05, 3.63) is 0 Å². The van der Waals surface area contributed by atoms with E-state index in [4.69, 9.17) is 0 Å². The highest BCUT2D eigenvalue weighted by Crippen LogP contribution is 2.08. The van der Waals surface area contributed by atoms with Crippen LogP contribution in [0.5, 0.6) is 0 Å². The third-order valence-corrected chi connectivity index (χ3v) is 4.04. The number of rotatable bonds is 11. The average molecular weight is 264 g/mol. The van der Waals surface area contributed by atoms with E-state index >= 15 is 0 Å². The number of sulfonamides is 1. The van der Waals surface area contributed by atoms with Crippen LogP contribution in [0, 0.1) is 5.92 Å². The molecule has 0 aliphatic rings. The first-order valence-corrected chi connectivity index (χ1v) is 8.25. The summed E-state index contributed by atoms with van der Waals surface area (Å²) in [6.45, 7) is 5.54. The molecule has 0 atom stereocenters. The van der Waals surface area contributed by atoms with E-state index < -0.39 is 10.0 Å². The van der Waals surface area contributed by atoms with E-state index in [1.54, 1.807) is 7.05 Å². The van der Waals surface area contributed by atoms with E-state index in [-0.39, 0.29) is 5.75 Å². The number of hydrogen-bond donors (Lipinski definition) is 2. The molecule has 104 valence electrons. The molecule has 0 aliphatic heterocycles. The number of unbranched alkanes of at least 4 members (excludes halogenated alkanes) is 3. The average Bonchev–Trinajstić information content (AvgIpc) is 2.24. The zero-order chi connectivity index (χ0) is 13.1. The van der Waals surface area contributed by atoms with Gasteiger partial charge in [0.1, 0.15) is 0 Å². The normalized spacial score (nSPS) is 12.2. The Balaban J connectivity index is 3.38. The van der Waals surface area contributed by atoms with Crippen LogP contribution >= 0.6 is 0 Å². The van der Waals surface area contributed by atoms with Crippen molar-refractivity contribution in [2.24, 2.45) is 5.92 Å². The van der Waals surface area contributed by atoms with Gasteiger partial charge < -0.3 is 5.32 Å². The van der Waals surface area contributed by atoms with Crippen LogP contribution in [0.25, 0.3) is 0 Å². The Morgan fingerprint density at radius 2 is 1.65 bits per heavy atom. The standard InChI is InChI=1S/C12H28N2O2S/c1-12(2)8-6-4-5-7-9-14-17(15,16)11-10-13-3/h12-14H,4-11H2,1-3H3. The molecule has 5 heteroatoms. The molecule has 0 amide bonds. The van der Waals surface area contributed by atoms with Gasteiger partial charge in [-0.25, -0.2) is 13.1 Å². The molecule has 0 aliphatic carbocycles. The lowest BCUT2D eigenvalue weighted by Crippen LogP contribution is -2.31. The number of nitrogens with one attached hydrogen (secondary N) is 2.